The van der Waals surface area contributed by atoms with E-state index in [1.807, 2.05) is 36.5 Å². The number of nitrogens with one attached hydrogen (secondary N) is 3. The lowest BCUT2D eigenvalue weighted by molar-refractivity contribution is -0.131. The summed E-state index contributed by atoms with van der Waals surface area (Å²) >= 11 is 0. The number of anilines is 2. The van der Waals surface area contributed by atoms with E-state index in [2.05, 4.69) is 21.7 Å². The highest BCUT2D eigenvalue weighted by Crippen LogP contribution is 2.52. The number of hydrogen-bond acceptors (Lipinski definition) is 4. The minimum absolute atomic E-state index is 0.110. The summed E-state index contributed by atoms with van der Waals surface area (Å²) in [5, 5.41) is 6.92. The van der Waals surface area contributed by atoms with Crippen molar-refractivity contribution in [3.05, 3.63) is 72.4 Å². The van der Waals surface area contributed by atoms with Gasteiger partial charge in [0.15, 0.2) is 0 Å². The van der Waals surface area contributed by atoms with Crippen LogP contribution >= 0.6 is 0 Å². The third-order valence-corrected chi connectivity index (χ3v) is 7.27. The molecule has 0 unspecified atom stereocenters. The van der Waals surface area contributed by atoms with Gasteiger partial charge in [-0.3, -0.25) is 14.4 Å². The van der Waals surface area contributed by atoms with Crippen molar-refractivity contribution < 1.29 is 19.1 Å². The van der Waals surface area contributed by atoms with E-state index >= 15 is 0 Å². The molecule has 1 aromatic heterocycles. The highest BCUT2D eigenvalue weighted by atomic mass is 16.5. The van der Waals surface area contributed by atoms with Gasteiger partial charge in [0, 0.05) is 41.9 Å². The number of hydrogen-bond donors (Lipinski definition) is 3. The second-order valence-corrected chi connectivity index (χ2v) is 9.45. The molecule has 8 heteroatoms. The maximum Gasteiger partial charge on any atom is 0.234 e. The molecule has 0 radical (unpaired) electrons. The fourth-order valence-corrected chi connectivity index (χ4v) is 5.72. The van der Waals surface area contributed by atoms with E-state index in [-0.39, 0.29) is 23.8 Å². The number of fused-ring (bicyclic) bond motifs is 2. The molecule has 6 rings (SSSR count). The number of aromatic amines is 1. The fourth-order valence-electron chi connectivity index (χ4n) is 5.72. The molecule has 3 aliphatic rings. The van der Waals surface area contributed by atoms with Crippen molar-refractivity contribution in [2.75, 3.05) is 23.3 Å². The Morgan fingerprint density at radius 2 is 1.97 bits per heavy atom. The summed E-state index contributed by atoms with van der Waals surface area (Å²) in [6.07, 6.45) is 6.14. The van der Waals surface area contributed by atoms with E-state index < -0.39 is 17.4 Å². The summed E-state index contributed by atoms with van der Waals surface area (Å²) in [5.41, 5.74) is 2.82. The second-order valence-electron chi connectivity index (χ2n) is 9.45. The van der Waals surface area contributed by atoms with Crippen molar-refractivity contribution in [1.82, 2.24) is 10.3 Å². The number of carbonyl (C=O) groups excluding carboxylic acids is 3. The molecule has 3 N–H and O–H groups in total. The molecule has 3 aliphatic heterocycles. The molecule has 0 saturated carbocycles. The monoisotopic (exact) mass is 470 g/mol. The van der Waals surface area contributed by atoms with Crippen molar-refractivity contribution >= 4 is 40.0 Å². The van der Waals surface area contributed by atoms with Gasteiger partial charge < -0.3 is 25.3 Å². The number of nitrogens with zero attached hydrogens (tertiary/aromatic N) is 1. The minimum Gasteiger partial charge on any atom is -0.361 e. The van der Waals surface area contributed by atoms with E-state index in [0.29, 0.717) is 30.9 Å². The number of aromatic nitrogens is 1. The van der Waals surface area contributed by atoms with Gasteiger partial charge in [-0.25, -0.2) is 0 Å². The summed E-state index contributed by atoms with van der Waals surface area (Å²) in [7, 11) is 0. The standard InChI is InChI=1S/C27H26N4O4/c1-16(32)30-18-6-8-19(9-7-18)31-15-27-12-10-22(35-27)23(24(27)26(31)34)25(33)28-13-11-17-14-29-21-5-3-2-4-20(17)21/h2-10,12,14,22-24,29H,11,13,15H2,1H3,(H,28,33)(H,30,32)/t22-,23+,24-,27-/m0/s1. The Bertz CT molecular complexity index is 1360. The Balaban J connectivity index is 1.16. The van der Waals surface area contributed by atoms with E-state index in [1.54, 1.807) is 29.2 Å². The van der Waals surface area contributed by atoms with Gasteiger partial charge in [0.2, 0.25) is 17.7 Å². The van der Waals surface area contributed by atoms with Crippen molar-refractivity contribution in [1.29, 1.82) is 0 Å². The molecule has 0 aliphatic carbocycles. The molecular formula is C27H26N4O4. The summed E-state index contributed by atoms with van der Waals surface area (Å²) in [6, 6.07) is 15.2. The molecule has 2 fully saturated rings. The lowest BCUT2D eigenvalue weighted by Gasteiger charge is -2.23. The minimum atomic E-state index is -0.781. The summed E-state index contributed by atoms with van der Waals surface area (Å²) in [4.78, 5) is 43.0. The van der Waals surface area contributed by atoms with Gasteiger partial charge in [-0.15, -0.1) is 0 Å². The van der Waals surface area contributed by atoms with Crippen molar-refractivity contribution in [2.45, 2.75) is 25.0 Å². The van der Waals surface area contributed by atoms with Crippen LogP contribution < -0.4 is 15.5 Å². The first-order chi connectivity index (χ1) is 16.9. The van der Waals surface area contributed by atoms with Crippen molar-refractivity contribution in [2.24, 2.45) is 11.8 Å². The Kier molecular flexibility index (Phi) is 5.00. The van der Waals surface area contributed by atoms with Crippen LogP contribution in [-0.2, 0) is 25.5 Å². The van der Waals surface area contributed by atoms with Crippen molar-refractivity contribution in [3.8, 4) is 0 Å². The van der Waals surface area contributed by atoms with Gasteiger partial charge in [-0.05, 0) is 42.3 Å². The van der Waals surface area contributed by atoms with Crippen LogP contribution in [0.1, 0.15) is 12.5 Å². The normalized spacial score (nSPS) is 26.4. The number of amides is 3. The van der Waals surface area contributed by atoms with Crippen molar-refractivity contribution in [3.63, 3.8) is 0 Å². The van der Waals surface area contributed by atoms with Crippen LogP contribution in [0.25, 0.3) is 10.9 Å². The van der Waals surface area contributed by atoms with E-state index in [0.717, 1.165) is 16.5 Å². The molecule has 178 valence electrons. The number of benzene rings is 2. The number of H-pyrrole nitrogens is 1. The maximum atomic E-state index is 13.5. The summed E-state index contributed by atoms with van der Waals surface area (Å²) < 4.78 is 6.23. The van der Waals surface area contributed by atoms with E-state index in [4.69, 9.17) is 4.74 Å². The number of para-hydroxylation sites is 1. The van der Waals surface area contributed by atoms with Gasteiger partial charge >= 0.3 is 0 Å². The van der Waals surface area contributed by atoms with Crippen LogP contribution in [0.5, 0.6) is 0 Å². The van der Waals surface area contributed by atoms with Crippen LogP contribution in [0.4, 0.5) is 11.4 Å². The first kappa shape index (κ1) is 21.6. The molecule has 4 heterocycles. The highest BCUT2D eigenvalue weighted by Gasteiger charge is 2.67. The van der Waals surface area contributed by atoms with Crippen LogP contribution in [-0.4, -0.2) is 47.5 Å². The van der Waals surface area contributed by atoms with Gasteiger partial charge in [0.25, 0.3) is 0 Å². The fraction of sp³-hybridized carbons (Fsp3) is 0.296. The molecule has 4 atom stereocenters. The van der Waals surface area contributed by atoms with E-state index in [1.165, 1.54) is 6.92 Å². The van der Waals surface area contributed by atoms with Gasteiger partial charge in [0.1, 0.15) is 5.60 Å². The molecule has 1 spiro atoms. The van der Waals surface area contributed by atoms with Crippen LogP contribution in [0.15, 0.2) is 66.9 Å². The lowest BCUT2D eigenvalue weighted by Crippen LogP contribution is -2.44. The topological polar surface area (TPSA) is 104 Å². The predicted octanol–water partition coefficient (Wildman–Crippen LogP) is 2.77. The predicted molar refractivity (Wildman–Crippen MR) is 132 cm³/mol. The largest absolute Gasteiger partial charge is 0.361 e. The third kappa shape index (κ3) is 3.52. The van der Waals surface area contributed by atoms with Crippen LogP contribution in [0, 0.1) is 11.8 Å². The first-order valence-corrected chi connectivity index (χ1v) is 11.8. The smallest absolute Gasteiger partial charge is 0.234 e. The zero-order chi connectivity index (χ0) is 24.2. The Hall–Kier alpha value is -3.91. The van der Waals surface area contributed by atoms with Crippen LogP contribution in [0.3, 0.4) is 0 Å². The second kappa shape index (κ2) is 8.09. The van der Waals surface area contributed by atoms with E-state index in [9.17, 15) is 14.4 Å². The van der Waals surface area contributed by atoms with Gasteiger partial charge in [-0.2, -0.15) is 0 Å². The Morgan fingerprint density at radius 3 is 2.77 bits per heavy atom. The summed E-state index contributed by atoms with van der Waals surface area (Å²) in [5.74, 6) is -1.53. The molecule has 8 nitrogen and oxygen atoms in total. The molecule has 2 saturated heterocycles. The maximum absolute atomic E-state index is 13.5. The highest BCUT2D eigenvalue weighted by molar-refractivity contribution is 6.03. The first-order valence-electron chi connectivity index (χ1n) is 11.8. The molecular weight excluding hydrogens is 444 g/mol. The van der Waals surface area contributed by atoms with Gasteiger partial charge in [-0.1, -0.05) is 30.4 Å². The number of rotatable bonds is 6. The van der Waals surface area contributed by atoms with Gasteiger partial charge in [0.05, 0.1) is 24.5 Å². The molecule has 2 bridgehead atoms. The zero-order valence-electron chi connectivity index (χ0n) is 19.3. The quantitative estimate of drug-likeness (QED) is 0.482. The molecule has 3 amide bonds. The lowest BCUT2D eigenvalue weighted by atomic mass is 9.77. The Morgan fingerprint density at radius 1 is 1.17 bits per heavy atom. The number of carbonyl (C=O) groups is 3. The van der Waals surface area contributed by atoms with Crippen LogP contribution in [0.2, 0.25) is 0 Å². The molecule has 3 aromatic rings. The summed E-state index contributed by atoms with van der Waals surface area (Å²) in [6.45, 7) is 2.29. The average molecular weight is 471 g/mol. The SMILES string of the molecule is CC(=O)Nc1ccc(N2C[C@]34C=C[C@H](O3)[C@@H](C(=O)NCCc3c[nH]c5ccccc35)[C@H]4C2=O)cc1. The Labute approximate surface area is 202 Å². The number of ether oxygens (including phenoxy) is 1. The third-order valence-electron chi connectivity index (χ3n) is 7.27. The zero-order valence-corrected chi connectivity index (χ0v) is 19.3. The molecule has 2 aromatic carbocycles. The average Bonchev–Trinajstić information content (AvgIpc) is 3.59. The molecule has 35 heavy (non-hydrogen) atoms.